The van der Waals surface area contributed by atoms with Crippen molar-refractivity contribution in [2.24, 2.45) is 7.05 Å². The van der Waals surface area contributed by atoms with Gasteiger partial charge in [0.05, 0.1) is 12.2 Å². The van der Waals surface area contributed by atoms with Crippen LogP contribution >= 0.6 is 0 Å². The van der Waals surface area contributed by atoms with E-state index in [0.717, 1.165) is 23.2 Å². The second kappa shape index (κ2) is 5.33. The molecule has 0 radical (unpaired) electrons. The highest BCUT2D eigenvalue weighted by molar-refractivity contribution is 5.78. The fourth-order valence-electron chi connectivity index (χ4n) is 2.56. The van der Waals surface area contributed by atoms with Gasteiger partial charge in [0.2, 0.25) is 0 Å². The molecule has 0 spiro atoms. The van der Waals surface area contributed by atoms with Crippen LogP contribution in [0.5, 0.6) is 0 Å². The first-order valence-electron chi connectivity index (χ1n) is 7.01. The first kappa shape index (κ1) is 13.8. The molecule has 2 heterocycles. The molecule has 1 N–H and O–H groups in total. The van der Waals surface area contributed by atoms with Crippen molar-refractivity contribution in [1.82, 2.24) is 15.1 Å². The third-order valence-electron chi connectivity index (χ3n) is 3.79. The van der Waals surface area contributed by atoms with Gasteiger partial charge < -0.3 is 9.73 Å². The molecule has 1 unspecified atom stereocenters. The van der Waals surface area contributed by atoms with Gasteiger partial charge in [0.1, 0.15) is 5.76 Å². The topological polar surface area (TPSA) is 43.0 Å². The third-order valence-corrected chi connectivity index (χ3v) is 3.79. The van der Waals surface area contributed by atoms with Crippen molar-refractivity contribution in [2.45, 2.75) is 19.9 Å². The minimum atomic E-state index is -0.336. The molecule has 0 saturated carbocycles. The van der Waals surface area contributed by atoms with Crippen LogP contribution in [-0.2, 0) is 7.05 Å². The zero-order valence-electron chi connectivity index (χ0n) is 12.4. The number of nitrogens with one attached hydrogen (secondary N) is 1. The smallest absolute Gasteiger partial charge is 0.169 e. The molecule has 0 aliphatic carbocycles. The Balaban J connectivity index is 2.11. The van der Waals surface area contributed by atoms with Gasteiger partial charge in [-0.05, 0) is 25.6 Å². The molecule has 0 aliphatic rings. The van der Waals surface area contributed by atoms with Gasteiger partial charge in [-0.2, -0.15) is 5.10 Å². The lowest BCUT2D eigenvalue weighted by Gasteiger charge is -2.15. The van der Waals surface area contributed by atoms with Crippen molar-refractivity contribution in [3.8, 4) is 0 Å². The number of nitrogens with zero attached hydrogens (tertiary/aromatic N) is 2. The molecule has 21 heavy (non-hydrogen) atoms. The van der Waals surface area contributed by atoms with E-state index in [-0.39, 0.29) is 11.9 Å². The summed E-state index contributed by atoms with van der Waals surface area (Å²) in [6.07, 6.45) is 1.83. The molecule has 3 aromatic rings. The Morgan fingerprint density at radius 3 is 2.86 bits per heavy atom. The second-order valence-corrected chi connectivity index (χ2v) is 5.11. The molecule has 2 aromatic heterocycles. The number of benzene rings is 1. The fraction of sp³-hybridized carbons (Fsp3) is 0.312. The Morgan fingerprint density at radius 2 is 2.24 bits per heavy atom. The maximum absolute atomic E-state index is 13.8. The standard InChI is InChI=1S/C16H18FN3O/c1-4-18-15(12-9-19-20(3)10(12)2)14-8-11-6-5-7-13(17)16(11)21-14/h5-9,15,18H,4H2,1-3H3. The van der Waals surface area contributed by atoms with Crippen LogP contribution in [0.3, 0.4) is 0 Å². The zero-order chi connectivity index (χ0) is 15.0. The maximum Gasteiger partial charge on any atom is 0.169 e. The zero-order valence-corrected chi connectivity index (χ0v) is 12.4. The molecular formula is C16H18FN3O. The maximum atomic E-state index is 13.8. The third kappa shape index (κ3) is 2.34. The minimum Gasteiger partial charge on any atom is -0.456 e. The van der Waals surface area contributed by atoms with Crippen molar-refractivity contribution >= 4 is 11.0 Å². The van der Waals surface area contributed by atoms with E-state index in [1.165, 1.54) is 6.07 Å². The Bertz CT molecular complexity index is 775. The van der Waals surface area contributed by atoms with Gasteiger partial charge in [0.15, 0.2) is 11.4 Å². The van der Waals surface area contributed by atoms with Crippen molar-refractivity contribution in [2.75, 3.05) is 6.54 Å². The Morgan fingerprint density at radius 1 is 1.43 bits per heavy atom. The van der Waals surface area contributed by atoms with Crippen molar-refractivity contribution in [1.29, 1.82) is 0 Å². The van der Waals surface area contributed by atoms with Crippen LogP contribution in [0.25, 0.3) is 11.0 Å². The molecule has 0 bridgehead atoms. The average molecular weight is 287 g/mol. The van der Waals surface area contributed by atoms with Gasteiger partial charge in [-0.25, -0.2) is 4.39 Å². The largest absolute Gasteiger partial charge is 0.456 e. The molecular weight excluding hydrogens is 269 g/mol. The highest BCUT2D eigenvalue weighted by atomic mass is 19.1. The first-order valence-corrected chi connectivity index (χ1v) is 7.01. The molecule has 0 saturated heterocycles. The highest BCUT2D eigenvalue weighted by Crippen LogP contribution is 2.30. The van der Waals surface area contributed by atoms with Crippen molar-refractivity contribution in [3.05, 3.63) is 53.3 Å². The van der Waals surface area contributed by atoms with Crippen LogP contribution in [0.2, 0.25) is 0 Å². The van der Waals surface area contributed by atoms with Crippen LogP contribution < -0.4 is 5.32 Å². The predicted octanol–water partition coefficient (Wildman–Crippen LogP) is 3.31. The van der Waals surface area contributed by atoms with Gasteiger partial charge in [0, 0.05) is 23.7 Å². The highest BCUT2D eigenvalue weighted by Gasteiger charge is 2.22. The van der Waals surface area contributed by atoms with E-state index in [1.54, 1.807) is 6.07 Å². The molecule has 1 atom stereocenters. The summed E-state index contributed by atoms with van der Waals surface area (Å²) < 4.78 is 21.4. The van der Waals surface area contributed by atoms with E-state index in [2.05, 4.69) is 10.4 Å². The molecule has 1 aromatic carbocycles. The Labute approximate surface area is 122 Å². The lowest BCUT2D eigenvalue weighted by Crippen LogP contribution is -2.22. The molecule has 3 rings (SSSR count). The molecule has 4 nitrogen and oxygen atoms in total. The number of fused-ring (bicyclic) bond motifs is 1. The minimum absolute atomic E-state index is 0.129. The molecule has 0 aliphatic heterocycles. The van der Waals surface area contributed by atoms with E-state index in [0.29, 0.717) is 11.3 Å². The summed E-state index contributed by atoms with van der Waals surface area (Å²) in [6, 6.07) is 6.71. The summed E-state index contributed by atoms with van der Waals surface area (Å²) in [5.41, 5.74) is 2.40. The van der Waals surface area contributed by atoms with Crippen LogP contribution in [0.4, 0.5) is 4.39 Å². The lowest BCUT2D eigenvalue weighted by atomic mass is 10.1. The molecule has 5 heteroatoms. The van der Waals surface area contributed by atoms with Gasteiger partial charge in [-0.1, -0.05) is 19.1 Å². The van der Waals surface area contributed by atoms with Crippen LogP contribution in [0.1, 0.15) is 30.0 Å². The summed E-state index contributed by atoms with van der Waals surface area (Å²) in [6.45, 7) is 4.82. The van der Waals surface area contributed by atoms with Gasteiger partial charge in [-0.3, -0.25) is 4.68 Å². The Kier molecular flexibility index (Phi) is 3.51. The van der Waals surface area contributed by atoms with E-state index < -0.39 is 0 Å². The molecule has 110 valence electrons. The van der Waals surface area contributed by atoms with E-state index in [1.807, 2.05) is 43.9 Å². The fourth-order valence-corrected chi connectivity index (χ4v) is 2.56. The number of hydrogen-bond donors (Lipinski definition) is 1. The number of aryl methyl sites for hydroxylation is 1. The van der Waals surface area contributed by atoms with Crippen LogP contribution in [0.15, 0.2) is 34.9 Å². The summed E-state index contributed by atoms with van der Waals surface area (Å²) in [7, 11) is 1.90. The number of halogens is 1. The summed E-state index contributed by atoms with van der Waals surface area (Å²) >= 11 is 0. The molecule has 0 amide bonds. The SMILES string of the molecule is CCNC(c1cc2cccc(F)c2o1)c1cnn(C)c1C. The molecule has 0 fully saturated rings. The van der Waals surface area contributed by atoms with E-state index in [4.69, 9.17) is 4.42 Å². The second-order valence-electron chi connectivity index (χ2n) is 5.11. The van der Waals surface area contributed by atoms with Crippen molar-refractivity contribution < 1.29 is 8.81 Å². The number of aromatic nitrogens is 2. The predicted molar refractivity (Wildman–Crippen MR) is 79.6 cm³/mol. The lowest BCUT2D eigenvalue weighted by molar-refractivity contribution is 0.463. The quantitative estimate of drug-likeness (QED) is 0.800. The number of hydrogen-bond acceptors (Lipinski definition) is 3. The van der Waals surface area contributed by atoms with Crippen molar-refractivity contribution in [3.63, 3.8) is 0 Å². The monoisotopic (exact) mass is 287 g/mol. The van der Waals surface area contributed by atoms with Gasteiger partial charge in [0.25, 0.3) is 0 Å². The van der Waals surface area contributed by atoms with E-state index >= 15 is 0 Å². The first-order chi connectivity index (χ1) is 10.1. The number of para-hydroxylation sites is 1. The summed E-state index contributed by atoms with van der Waals surface area (Å²) in [5.74, 6) is 0.366. The number of furan rings is 1. The van der Waals surface area contributed by atoms with Crippen LogP contribution in [-0.4, -0.2) is 16.3 Å². The van der Waals surface area contributed by atoms with Gasteiger partial charge in [-0.15, -0.1) is 0 Å². The normalized spacial score (nSPS) is 13.0. The summed E-state index contributed by atoms with van der Waals surface area (Å²) in [5, 5.41) is 8.43. The van der Waals surface area contributed by atoms with Gasteiger partial charge >= 0.3 is 0 Å². The summed E-state index contributed by atoms with van der Waals surface area (Å²) in [4.78, 5) is 0. The number of rotatable bonds is 4. The van der Waals surface area contributed by atoms with E-state index in [9.17, 15) is 4.39 Å². The Hall–Kier alpha value is -2.14. The van der Waals surface area contributed by atoms with Crippen LogP contribution in [0, 0.1) is 12.7 Å². The average Bonchev–Trinajstić information content (AvgIpc) is 3.03.